The number of hydrogen-bond donors (Lipinski definition) is 1. The van der Waals surface area contributed by atoms with Crippen molar-refractivity contribution >= 4 is 18.0 Å². The molecule has 7 unspecified atom stereocenters. The second-order valence-electron chi connectivity index (χ2n) is 9.22. The summed E-state index contributed by atoms with van der Waals surface area (Å²) < 4.78 is 5.32. The quantitative estimate of drug-likeness (QED) is 0.612. The molecular formula is C21H32O5. The summed E-state index contributed by atoms with van der Waals surface area (Å²) in [7, 11) is 0. The molecule has 0 aromatic carbocycles. The molecule has 3 aliphatic carbocycles. The molecule has 7 atom stereocenters. The summed E-state index contributed by atoms with van der Waals surface area (Å²) in [5, 5.41) is 11.0. The minimum Gasteiger partial charge on any atom is -0.462 e. The monoisotopic (exact) mass is 364 g/mol. The fourth-order valence-electron chi connectivity index (χ4n) is 6.37. The number of carbonyl (C=O) groups is 3. The number of esters is 1. The zero-order chi connectivity index (χ0) is 19.1. The molecule has 3 aliphatic rings. The molecule has 0 aromatic rings. The third kappa shape index (κ3) is 3.12. The maximum atomic E-state index is 12.5. The molecule has 0 spiro atoms. The summed E-state index contributed by atoms with van der Waals surface area (Å²) in [6, 6.07) is 0. The lowest BCUT2D eigenvalue weighted by Crippen LogP contribution is -2.53. The average Bonchev–Trinajstić information content (AvgIpc) is 2.87. The van der Waals surface area contributed by atoms with Crippen LogP contribution in [-0.2, 0) is 19.1 Å². The normalized spacial score (nSPS) is 45.8. The van der Waals surface area contributed by atoms with Crippen molar-refractivity contribution in [3.05, 3.63) is 0 Å². The predicted octanol–water partition coefficient (Wildman–Crippen LogP) is 3.07. The zero-order valence-electron chi connectivity index (χ0n) is 16.2. The number of fused-ring (bicyclic) bond motifs is 1. The van der Waals surface area contributed by atoms with Crippen LogP contribution in [0.2, 0.25) is 0 Å². The van der Waals surface area contributed by atoms with Crippen LogP contribution < -0.4 is 0 Å². The lowest BCUT2D eigenvalue weighted by atomic mass is 9.50. The largest absolute Gasteiger partial charge is 0.462 e. The predicted molar refractivity (Wildman–Crippen MR) is 96.3 cm³/mol. The van der Waals surface area contributed by atoms with Crippen molar-refractivity contribution in [1.82, 2.24) is 0 Å². The minimum atomic E-state index is -0.554. The highest BCUT2D eigenvalue weighted by atomic mass is 16.5. The van der Waals surface area contributed by atoms with Gasteiger partial charge < -0.3 is 14.6 Å². The second-order valence-corrected chi connectivity index (χ2v) is 9.22. The molecule has 5 nitrogen and oxygen atoms in total. The van der Waals surface area contributed by atoms with Crippen LogP contribution in [0.1, 0.15) is 72.1 Å². The molecule has 0 heterocycles. The molecule has 0 aromatic heterocycles. The smallest absolute Gasteiger partial charge is 0.302 e. The molecule has 0 radical (unpaired) electrons. The number of hydrogen-bond acceptors (Lipinski definition) is 5. The van der Waals surface area contributed by atoms with E-state index in [1.165, 1.54) is 6.92 Å². The Morgan fingerprint density at radius 2 is 1.96 bits per heavy atom. The Balaban J connectivity index is 1.82. The van der Waals surface area contributed by atoms with E-state index < -0.39 is 6.10 Å². The van der Waals surface area contributed by atoms with Crippen LogP contribution in [0, 0.1) is 28.6 Å². The van der Waals surface area contributed by atoms with E-state index >= 15 is 0 Å². The van der Waals surface area contributed by atoms with E-state index in [-0.39, 0.29) is 40.7 Å². The van der Waals surface area contributed by atoms with Gasteiger partial charge in [0.15, 0.2) is 0 Å². The first kappa shape index (κ1) is 19.5. The maximum Gasteiger partial charge on any atom is 0.302 e. The van der Waals surface area contributed by atoms with Crippen molar-refractivity contribution in [3.8, 4) is 0 Å². The van der Waals surface area contributed by atoms with E-state index in [1.54, 1.807) is 0 Å². The number of Topliss-reactive ketones (excluding diaryl/α,β-unsaturated/α-hetero) is 1. The van der Waals surface area contributed by atoms with E-state index in [4.69, 9.17) is 4.74 Å². The Hall–Kier alpha value is -1.23. The zero-order valence-corrected chi connectivity index (χ0v) is 16.2. The molecule has 3 fully saturated rings. The first-order valence-electron chi connectivity index (χ1n) is 10.0. The van der Waals surface area contributed by atoms with Gasteiger partial charge in [-0.15, -0.1) is 0 Å². The van der Waals surface area contributed by atoms with Crippen LogP contribution in [0.5, 0.6) is 0 Å². The number of aliphatic hydroxyl groups excluding tert-OH is 1. The SMILES string of the molecule is CC(=O)OC1CCC(C)(C2CCC3(C)C(=O)CCC3C2CC=O)C(O)C1. The molecule has 0 saturated heterocycles. The van der Waals surface area contributed by atoms with Gasteiger partial charge in [0, 0.05) is 31.6 Å². The van der Waals surface area contributed by atoms with Crippen LogP contribution in [0.3, 0.4) is 0 Å². The van der Waals surface area contributed by atoms with Crippen molar-refractivity contribution in [2.24, 2.45) is 28.6 Å². The van der Waals surface area contributed by atoms with Crippen molar-refractivity contribution in [2.45, 2.75) is 84.3 Å². The van der Waals surface area contributed by atoms with E-state index in [0.29, 0.717) is 25.0 Å². The summed E-state index contributed by atoms with van der Waals surface area (Å²) in [6.07, 6.45) is 5.89. The molecule has 1 N–H and O–H groups in total. The number of aldehydes is 1. The van der Waals surface area contributed by atoms with Crippen LogP contribution >= 0.6 is 0 Å². The fraction of sp³-hybridized carbons (Fsp3) is 0.857. The minimum absolute atomic E-state index is 0.155. The van der Waals surface area contributed by atoms with Gasteiger partial charge in [-0.05, 0) is 55.3 Å². The number of ether oxygens (including phenoxy) is 1. The molecule has 3 rings (SSSR count). The topological polar surface area (TPSA) is 80.7 Å². The molecule has 0 aliphatic heterocycles. The van der Waals surface area contributed by atoms with Gasteiger partial charge in [0.05, 0.1) is 6.10 Å². The molecular weight excluding hydrogens is 332 g/mol. The van der Waals surface area contributed by atoms with Gasteiger partial charge in [0.1, 0.15) is 18.2 Å². The van der Waals surface area contributed by atoms with Crippen molar-refractivity contribution < 1.29 is 24.2 Å². The highest BCUT2D eigenvalue weighted by molar-refractivity contribution is 5.87. The van der Waals surface area contributed by atoms with E-state index in [9.17, 15) is 19.5 Å². The lowest BCUT2D eigenvalue weighted by Gasteiger charge is -2.55. The Labute approximate surface area is 155 Å². The number of aliphatic hydroxyl groups is 1. The first-order valence-corrected chi connectivity index (χ1v) is 10.0. The summed E-state index contributed by atoms with van der Waals surface area (Å²) in [6.45, 7) is 5.61. The Morgan fingerprint density at radius 3 is 2.58 bits per heavy atom. The van der Waals surface area contributed by atoms with Gasteiger partial charge in [0.25, 0.3) is 0 Å². The molecule has 0 bridgehead atoms. The molecule has 5 heteroatoms. The number of ketones is 1. The van der Waals surface area contributed by atoms with Gasteiger partial charge in [-0.2, -0.15) is 0 Å². The molecule has 146 valence electrons. The third-order valence-corrected chi connectivity index (χ3v) is 7.95. The average molecular weight is 364 g/mol. The Kier molecular flexibility index (Phi) is 5.31. The highest BCUT2D eigenvalue weighted by Crippen LogP contribution is 2.60. The van der Waals surface area contributed by atoms with E-state index in [1.807, 2.05) is 0 Å². The maximum absolute atomic E-state index is 12.5. The molecule has 26 heavy (non-hydrogen) atoms. The van der Waals surface area contributed by atoms with Crippen molar-refractivity contribution in [3.63, 3.8) is 0 Å². The van der Waals surface area contributed by atoms with Gasteiger partial charge >= 0.3 is 5.97 Å². The fourth-order valence-corrected chi connectivity index (χ4v) is 6.37. The lowest BCUT2D eigenvalue weighted by molar-refractivity contribution is -0.161. The molecule has 0 amide bonds. The summed E-state index contributed by atoms with van der Waals surface area (Å²) >= 11 is 0. The Morgan fingerprint density at radius 1 is 1.23 bits per heavy atom. The second kappa shape index (κ2) is 7.06. The van der Waals surface area contributed by atoms with Crippen LogP contribution in [-0.4, -0.2) is 35.4 Å². The van der Waals surface area contributed by atoms with Crippen LogP contribution in [0.4, 0.5) is 0 Å². The Bertz CT molecular complexity index is 587. The summed E-state index contributed by atoms with van der Waals surface area (Å²) in [5.41, 5.74) is -0.586. The van der Waals surface area contributed by atoms with Gasteiger partial charge in [-0.3, -0.25) is 9.59 Å². The van der Waals surface area contributed by atoms with Crippen LogP contribution in [0.15, 0.2) is 0 Å². The van der Waals surface area contributed by atoms with E-state index in [2.05, 4.69) is 13.8 Å². The van der Waals surface area contributed by atoms with E-state index in [0.717, 1.165) is 38.4 Å². The third-order valence-electron chi connectivity index (χ3n) is 7.95. The first-order chi connectivity index (χ1) is 12.2. The molecule has 3 saturated carbocycles. The van der Waals surface area contributed by atoms with Crippen molar-refractivity contribution in [1.29, 1.82) is 0 Å². The highest BCUT2D eigenvalue weighted by Gasteiger charge is 2.58. The van der Waals surface area contributed by atoms with Gasteiger partial charge in [-0.1, -0.05) is 13.8 Å². The number of carbonyl (C=O) groups excluding carboxylic acids is 3. The standard InChI is InChI=1S/C21H32O5/c1-13(23)26-14-6-9-21(3,19(25)12-14)17-7-10-20(2)16(4-5-18(20)24)15(17)8-11-22/h11,14-17,19,25H,4-10,12H2,1-3H3. The van der Waals surface area contributed by atoms with Crippen molar-refractivity contribution in [2.75, 3.05) is 0 Å². The van der Waals surface area contributed by atoms with Crippen LogP contribution in [0.25, 0.3) is 0 Å². The number of rotatable bonds is 4. The van der Waals surface area contributed by atoms with Gasteiger partial charge in [0.2, 0.25) is 0 Å². The summed E-state index contributed by atoms with van der Waals surface area (Å²) in [4.78, 5) is 35.1. The van der Waals surface area contributed by atoms with Gasteiger partial charge in [-0.25, -0.2) is 0 Å². The summed E-state index contributed by atoms with van der Waals surface area (Å²) in [5.74, 6) is 0.672.